The highest BCUT2D eigenvalue weighted by Crippen LogP contribution is 2.54. The Balaban J connectivity index is 1.96. The van der Waals surface area contributed by atoms with Gasteiger partial charge in [0.2, 0.25) is 0 Å². The highest BCUT2D eigenvalue weighted by atomic mass is 35.5. The van der Waals surface area contributed by atoms with Crippen molar-refractivity contribution in [1.29, 1.82) is 0 Å². The average molecular weight is 401 g/mol. The lowest BCUT2D eigenvalue weighted by atomic mass is 9.65. The van der Waals surface area contributed by atoms with E-state index < -0.39 is 5.92 Å². The molecule has 0 unspecified atom stereocenters. The third-order valence-corrected chi connectivity index (χ3v) is 6.12. The lowest BCUT2D eigenvalue weighted by molar-refractivity contribution is -0.120. The number of Topliss-reactive ketones (excluding diaryl/α,β-unsaturated/α-hetero) is 2. The molecule has 0 amide bonds. The van der Waals surface area contributed by atoms with E-state index in [0.717, 1.165) is 0 Å². The number of allylic oxidation sites excluding steroid dienone is 4. The molecule has 0 fully saturated rings. The van der Waals surface area contributed by atoms with Gasteiger partial charge in [-0.1, -0.05) is 39.3 Å². The first-order chi connectivity index (χ1) is 13.0. The normalized spacial score (nSPS) is 24.0. The maximum absolute atomic E-state index is 13.1. The number of benzene rings is 1. The summed E-state index contributed by atoms with van der Waals surface area (Å²) >= 11 is 6.21. The van der Waals surface area contributed by atoms with Crippen LogP contribution in [0.15, 0.2) is 40.9 Å². The van der Waals surface area contributed by atoms with Gasteiger partial charge in [0.25, 0.3) is 0 Å². The lowest BCUT2D eigenvalue weighted by Crippen LogP contribution is -2.37. The summed E-state index contributed by atoms with van der Waals surface area (Å²) in [6.07, 6.45) is 2.01. The summed E-state index contributed by atoms with van der Waals surface area (Å²) < 4.78 is 6.23. The number of ether oxygens (including phenoxy) is 1. The fourth-order valence-corrected chi connectivity index (χ4v) is 4.92. The van der Waals surface area contributed by atoms with E-state index in [4.69, 9.17) is 16.3 Å². The average Bonchev–Trinajstić information content (AvgIpc) is 2.52. The molecule has 1 heterocycles. The summed E-state index contributed by atoms with van der Waals surface area (Å²) in [5, 5.41) is 11.0. The van der Waals surface area contributed by atoms with Crippen LogP contribution in [0.25, 0.3) is 0 Å². The van der Waals surface area contributed by atoms with E-state index in [0.29, 0.717) is 58.9 Å². The Bertz CT molecular complexity index is 913. The van der Waals surface area contributed by atoms with Crippen LogP contribution in [0.2, 0.25) is 5.02 Å². The molecule has 1 N–H and O–H groups in total. The number of hydrogen-bond donors (Lipinski definition) is 1. The number of rotatable bonds is 1. The summed E-state index contributed by atoms with van der Waals surface area (Å²) in [5.41, 5.74) is 1.09. The first kappa shape index (κ1) is 19.3. The standard InChI is InChI=1S/C23H25ClO4/c1-22(2)8-15(26)20-17(10-22)28-18-11-23(3,4)9-16(27)21(18)19(20)13-7-12(24)5-6-14(13)25/h5-7,19,25H,8-11H2,1-4H3. The van der Waals surface area contributed by atoms with Crippen LogP contribution in [0.5, 0.6) is 5.75 Å². The molecule has 1 aromatic carbocycles. The van der Waals surface area contributed by atoms with Gasteiger partial charge in [-0.05, 0) is 29.0 Å². The molecular formula is C23H25ClO4. The van der Waals surface area contributed by atoms with Crippen molar-refractivity contribution < 1.29 is 19.4 Å². The number of phenolic OH excluding ortho intramolecular Hbond substituents is 1. The van der Waals surface area contributed by atoms with E-state index in [2.05, 4.69) is 0 Å². The molecule has 0 bridgehead atoms. The summed E-state index contributed by atoms with van der Waals surface area (Å²) in [5.74, 6) is 0.624. The van der Waals surface area contributed by atoms with Crippen molar-refractivity contribution in [2.75, 3.05) is 0 Å². The summed E-state index contributed by atoms with van der Waals surface area (Å²) in [6, 6.07) is 4.77. The number of carbonyl (C=O) groups is 2. The Morgan fingerprint density at radius 2 is 1.43 bits per heavy atom. The van der Waals surface area contributed by atoms with Crippen LogP contribution in [0, 0.1) is 10.8 Å². The fourth-order valence-electron chi connectivity index (χ4n) is 4.74. The third-order valence-electron chi connectivity index (χ3n) is 5.88. The fraction of sp³-hybridized carbons (Fsp3) is 0.478. The molecule has 0 spiro atoms. The zero-order valence-electron chi connectivity index (χ0n) is 16.7. The number of hydrogen-bond acceptors (Lipinski definition) is 4. The largest absolute Gasteiger partial charge is 0.508 e. The van der Waals surface area contributed by atoms with E-state index in [-0.39, 0.29) is 28.1 Å². The van der Waals surface area contributed by atoms with E-state index >= 15 is 0 Å². The Labute approximate surface area is 170 Å². The smallest absolute Gasteiger partial charge is 0.163 e. The minimum absolute atomic E-state index is 0.0280. The second-order valence-electron chi connectivity index (χ2n) is 9.79. The van der Waals surface area contributed by atoms with E-state index in [1.165, 1.54) is 6.07 Å². The molecule has 0 saturated carbocycles. The number of halogens is 1. The van der Waals surface area contributed by atoms with Gasteiger partial charge in [-0.15, -0.1) is 0 Å². The number of phenols is 1. The van der Waals surface area contributed by atoms with Crippen molar-refractivity contribution in [3.63, 3.8) is 0 Å². The quantitative estimate of drug-likeness (QED) is 0.681. The van der Waals surface area contributed by atoms with Crippen LogP contribution in [0.1, 0.15) is 64.9 Å². The molecule has 4 rings (SSSR count). The Kier molecular flexibility index (Phi) is 4.27. The van der Waals surface area contributed by atoms with Crippen LogP contribution in [0.3, 0.4) is 0 Å². The van der Waals surface area contributed by atoms with Gasteiger partial charge in [-0.2, -0.15) is 0 Å². The molecule has 5 heteroatoms. The van der Waals surface area contributed by atoms with E-state index in [9.17, 15) is 14.7 Å². The minimum Gasteiger partial charge on any atom is -0.508 e. The summed E-state index contributed by atoms with van der Waals surface area (Å²) in [7, 11) is 0. The summed E-state index contributed by atoms with van der Waals surface area (Å²) in [4.78, 5) is 26.3. The van der Waals surface area contributed by atoms with Crippen molar-refractivity contribution in [3.8, 4) is 5.75 Å². The van der Waals surface area contributed by atoms with Crippen molar-refractivity contribution in [2.24, 2.45) is 10.8 Å². The summed E-state index contributed by atoms with van der Waals surface area (Å²) in [6.45, 7) is 8.18. The van der Waals surface area contributed by atoms with E-state index in [1.54, 1.807) is 12.1 Å². The molecular weight excluding hydrogens is 376 g/mol. The zero-order valence-corrected chi connectivity index (χ0v) is 17.4. The molecule has 0 radical (unpaired) electrons. The van der Waals surface area contributed by atoms with Crippen LogP contribution < -0.4 is 0 Å². The maximum Gasteiger partial charge on any atom is 0.163 e. The molecule has 2 aliphatic carbocycles. The molecule has 4 nitrogen and oxygen atoms in total. The molecule has 0 saturated heterocycles. The van der Waals surface area contributed by atoms with Crippen LogP contribution in [-0.2, 0) is 14.3 Å². The third kappa shape index (κ3) is 3.18. The zero-order chi connectivity index (χ0) is 20.4. The topological polar surface area (TPSA) is 63.6 Å². The highest BCUT2D eigenvalue weighted by Gasteiger charge is 2.48. The van der Waals surface area contributed by atoms with E-state index in [1.807, 2.05) is 27.7 Å². The van der Waals surface area contributed by atoms with Crippen molar-refractivity contribution in [1.82, 2.24) is 0 Å². The minimum atomic E-state index is -0.621. The van der Waals surface area contributed by atoms with Crippen molar-refractivity contribution in [3.05, 3.63) is 51.4 Å². The van der Waals surface area contributed by atoms with Crippen LogP contribution >= 0.6 is 11.6 Å². The molecule has 28 heavy (non-hydrogen) atoms. The van der Waals surface area contributed by atoms with Gasteiger partial charge in [-0.25, -0.2) is 0 Å². The number of aromatic hydroxyl groups is 1. The van der Waals surface area contributed by atoms with Gasteiger partial charge in [0.05, 0.1) is 5.92 Å². The molecule has 0 aromatic heterocycles. The molecule has 3 aliphatic rings. The second kappa shape index (κ2) is 6.21. The predicted octanol–water partition coefficient (Wildman–Crippen LogP) is 5.45. The highest BCUT2D eigenvalue weighted by molar-refractivity contribution is 6.30. The second-order valence-corrected chi connectivity index (χ2v) is 10.2. The lowest BCUT2D eigenvalue weighted by Gasteiger charge is -2.42. The first-order valence-electron chi connectivity index (χ1n) is 9.66. The molecule has 148 valence electrons. The Hall–Kier alpha value is -2.07. The predicted molar refractivity (Wildman–Crippen MR) is 107 cm³/mol. The maximum atomic E-state index is 13.1. The number of ketones is 2. The van der Waals surface area contributed by atoms with Crippen LogP contribution in [0.4, 0.5) is 0 Å². The first-order valence-corrected chi connectivity index (χ1v) is 10.0. The molecule has 1 aromatic rings. The Morgan fingerprint density at radius 3 is 1.93 bits per heavy atom. The molecule has 0 atom stereocenters. The number of carbonyl (C=O) groups excluding carboxylic acids is 2. The van der Waals surface area contributed by atoms with Gasteiger partial charge < -0.3 is 9.84 Å². The van der Waals surface area contributed by atoms with Gasteiger partial charge >= 0.3 is 0 Å². The molecule has 1 aliphatic heterocycles. The SMILES string of the molecule is CC1(C)CC(=O)C2=C(C1)OC1=C(C(=O)CC(C)(C)C1)C2c1cc(Cl)ccc1O. The monoisotopic (exact) mass is 400 g/mol. The van der Waals surface area contributed by atoms with Gasteiger partial charge in [0.15, 0.2) is 11.6 Å². The van der Waals surface area contributed by atoms with Crippen molar-refractivity contribution >= 4 is 23.2 Å². The van der Waals surface area contributed by atoms with Crippen LogP contribution in [-0.4, -0.2) is 16.7 Å². The van der Waals surface area contributed by atoms with Gasteiger partial charge in [-0.3, -0.25) is 9.59 Å². The van der Waals surface area contributed by atoms with Gasteiger partial charge in [0, 0.05) is 47.4 Å². The van der Waals surface area contributed by atoms with Crippen molar-refractivity contribution in [2.45, 2.75) is 59.3 Å². The van der Waals surface area contributed by atoms with Gasteiger partial charge in [0.1, 0.15) is 17.3 Å². The Morgan fingerprint density at radius 1 is 0.929 bits per heavy atom.